The number of anilines is 1. The van der Waals surface area contributed by atoms with Crippen LogP contribution in [0, 0.1) is 11.8 Å². The molecule has 1 aliphatic carbocycles. The van der Waals surface area contributed by atoms with E-state index in [0.717, 1.165) is 11.2 Å². The molecule has 3 atom stereocenters. The summed E-state index contributed by atoms with van der Waals surface area (Å²) in [6.45, 7) is 10.4. The van der Waals surface area contributed by atoms with E-state index in [1.165, 1.54) is 0 Å². The van der Waals surface area contributed by atoms with E-state index in [4.69, 9.17) is 9.47 Å². The highest BCUT2D eigenvalue weighted by Crippen LogP contribution is 2.55. The standard InChI is InChI=1S/C25H31NO6/c1-23(2,3)31-20(28)18-12-9-10-16(14-15-27)25(18)17-11-7-8-13-19(17)26(21(25)29)22(30)32-24(4,5)6/h7-11,13,15-16,18H,12,14H2,1-6H3/t16-,18-,25-/m1/s1. The van der Waals surface area contributed by atoms with Crippen LogP contribution in [0.25, 0.3) is 0 Å². The van der Waals surface area contributed by atoms with Gasteiger partial charge in [0.25, 0.3) is 0 Å². The number of hydrogen-bond acceptors (Lipinski definition) is 6. The largest absolute Gasteiger partial charge is 0.460 e. The Morgan fingerprint density at radius 3 is 2.31 bits per heavy atom. The minimum absolute atomic E-state index is 0.0258. The van der Waals surface area contributed by atoms with E-state index in [0.29, 0.717) is 11.3 Å². The van der Waals surface area contributed by atoms with Crippen molar-refractivity contribution >= 4 is 29.9 Å². The zero-order chi connectivity index (χ0) is 23.9. The molecular weight excluding hydrogens is 410 g/mol. The summed E-state index contributed by atoms with van der Waals surface area (Å²) in [4.78, 5) is 53.1. The number of allylic oxidation sites excluding steroid dienone is 2. The minimum atomic E-state index is -1.44. The van der Waals surface area contributed by atoms with Crippen molar-refractivity contribution in [3.8, 4) is 0 Å². The Hall–Kier alpha value is -2.96. The van der Waals surface area contributed by atoms with Crippen molar-refractivity contribution in [1.82, 2.24) is 0 Å². The number of rotatable bonds is 3. The predicted octanol–water partition coefficient (Wildman–Crippen LogP) is 4.33. The molecule has 1 aromatic carbocycles. The van der Waals surface area contributed by atoms with Gasteiger partial charge in [-0.15, -0.1) is 0 Å². The molecule has 0 radical (unpaired) electrons. The Bertz CT molecular complexity index is 967. The topological polar surface area (TPSA) is 90.0 Å². The average Bonchev–Trinajstić information content (AvgIpc) is 2.90. The van der Waals surface area contributed by atoms with E-state index in [1.54, 1.807) is 78.0 Å². The quantitative estimate of drug-likeness (QED) is 0.394. The van der Waals surface area contributed by atoms with E-state index in [2.05, 4.69) is 0 Å². The Labute approximate surface area is 188 Å². The molecule has 1 spiro atoms. The normalized spacial score (nSPS) is 24.9. The van der Waals surface area contributed by atoms with Crippen molar-refractivity contribution in [2.24, 2.45) is 11.8 Å². The van der Waals surface area contributed by atoms with Crippen LogP contribution in [0.2, 0.25) is 0 Å². The molecule has 0 saturated heterocycles. The number of imide groups is 1. The smallest absolute Gasteiger partial charge is 0.421 e. The van der Waals surface area contributed by atoms with Crippen molar-refractivity contribution < 1.29 is 28.7 Å². The zero-order valence-corrected chi connectivity index (χ0v) is 19.5. The van der Waals surface area contributed by atoms with Gasteiger partial charge in [-0.1, -0.05) is 30.4 Å². The van der Waals surface area contributed by atoms with Gasteiger partial charge in [-0.2, -0.15) is 0 Å². The highest BCUT2D eigenvalue weighted by atomic mass is 16.6. The lowest BCUT2D eigenvalue weighted by atomic mass is 9.58. The zero-order valence-electron chi connectivity index (χ0n) is 19.5. The Balaban J connectivity index is 2.22. The van der Waals surface area contributed by atoms with Crippen LogP contribution in [0.5, 0.6) is 0 Å². The van der Waals surface area contributed by atoms with Crippen LogP contribution in [-0.2, 0) is 29.3 Å². The fourth-order valence-corrected chi connectivity index (χ4v) is 4.61. The Morgan fingerprint density at radius 2 is 1.72 bits per heavy atom. The number of aldehydes is 1. The molecular formula is C25H31NO6. The van der Waals surface area contributed by atoms with Crippen molar-refractivity contribution in [2.45, 2.75) is 71.0 Å². The van der Waals surface area contributed by atoms with E-state index >= 15 is 0 Å². The highest BCUT2D eigenvalue weighted by Gasteiger charge is 2.64. The van der Waals surface area contributed by atoms with Gasteiger partial charge < -0.3 is 14.3 Å². The highest BCUT2D eigenvalue weighted by molar-refractivity contribution is 6.22. The van der Waals surface area contributed by atoms with Gasteiger partial charge in [0, 0.05) is 12.3 Å². The number of amides is 2. The summed E-state index contributed by atoms with van der Waals surface area (Å²) in [7, 11) is 0. The lowest BCUT2D eigenvalue weighted by molar-refractivity contribution is -0.166. The first-order valence-corrected chi connectivity index (χ1v) is 10.8. The number of carbonyl (C=O) groups is 4. The molecule has 0 bridgehead atoms. The first-order chi connectivity index (χ1) is 14.8. The van der Waals surface area contributed by atoms with Gasteiger partial charge in [0.15, 0.2) is 0 Å². The second-order valence-electron chi connectivity index (χ2n) is 10.3. The SMILES string of the molecule is CC(C)(C)OC(=O)[C@H]1CC=C[C@H](CC=O)[C@]12C(=O)N(C(=O)OC(C)(C)C)c1ccccc12. The van der Waals surface area contributed by atoms with E-state index < -0.39 is 46.4 Å². The molecule has 1 aliphatic heterocycles. The van der Waals surface area contributed by atoms with Crippen LogP contribution in [0.3, 0.4) is 0 Å². The van der Waals surface area contributed by atoms with Gasteiger partial charge >= 0.3 is 12.1 Å². The molecule has 0 aromatic heterocycles. The molecule has 2 aliphatic rings. The van der Waals surface area contributed by atoms with Crippen LogP contribution in [0.4, 0.5) is 10.5 Å². The fourth-order valence-electron chi connectivity index (χ4n) is 4.61. The third-order valence-corrected chi connectivity index (χ3v) is 5.64. The third-order valence-electron chi connectivity index (χ3n) is 5.64. The molecule has 1 heterocycles. The summed E-state index contributed by atoms with van der Waals surface area (Å²) in [6.07, 6.45) is 3.81. The molecule has 0 unspecified atom stereocenters. The number of para-hydroxylation sites is 1. The lowest BCUT2D eigenvalue weighted by Crippen LogP contribution is -2.56. The fraction of sp³-hybridized carbons (Fsp3) is 0.520. The van der Waals surface area contributed by atoms with Crippen molar-refractivity contribution in [1.29, 1.82) is 0 Å². The number of esters is 1. The van der Waals surface area contributed by atoms with Gasteiger partial charge in [-0.05, 0) is 59.6 Å². The first-order valence-electron chi connectivity index (χ1n) is 10.8. The second kappa shape index (κ2) is 8.19. The average molecular weight is 442 g/mol. The number of hydrogen-bond donors (Lipinski definition) is 0. The van der Waals surface area contributed by atoms with Crippen LogP contribution in [0.15, 0.2) is 36.4 Å². The molecule has 0 N–H and O–H groups in total. The van der Waals surface area contributed by atoms with Gasteiger partial charge in [-0.25, -0.2) is 9.69 Å². The molecule has 32 heavy (non-hydrogen) atoms. The van der Waals surface area contributed by atoms with Gasteiger partial charge in [0.1, 0.15) is 17.5 Å². The van der Waals surface area contributed by atoms with E-state index in [-0.39, 0.29) is 12.8 Å². The summed E-state index contributed by atoms with van der Waals surface area (Å²) in [6, 6.07) is 6.88. The van der Waals surface area contributed by atoms with Crippen LogP contribution in [0.1, 0.15) is 59.9 Å². The van der Waals surface area contributed by atoms with Crippen molar-refractivity contribution in [2.75, 3.05) is 4.90 Å². The van der Waals surface area contributed by atoms with Crippen LogP contribution >= 0.6 is 0 Å². The number of ether oxygens (including phenoxy) is 2. The summed E-state index contributed by atoms with van der Waals surface area (Å²) in [5.41, 5.74) is -2.12. The molecule has 7 nitrogen and oxygen atoms in total. The predicted molar refractivity (Wildman–Crippen MR) is 119 cm³/mol. The van der Waals surface area contributed by atoms with Crippen LogP contribution in [-0.4, -0.2) is 35.5 Å². The molecule has 1 aromatic rings. The summed E-state index contributed by atoms with van der Waals surface area (Å²) < 4.78 is 11.2. The second-order valence-corrected chi connectivity index (χ2v) is 10.3. The number of nitrogens with zero attached hydrogens (tertiary/aromatic N) is 1. The Kier molecular flexibility index (Phi) is 6.06. The van der Waals surface area contributed by atoms with Crippen LogP contribution < -0.4 is 4.90 Å². The first kappa shape index (κ1) is 23.7. The molecule has 172 valence electrons. The minimum Gasteiger partial charge on any atom is -0.460 e. The molecule has 3 rings (SSSR count). The van der Waals surface area contributed by atoms with Crippen molar-refractivity contribution in [3.63, 3.8) is 0 Å². The maximum Gasteiger partial charge on any atom is 0.421 e. The molecule has 0 saturated carbocycles. The molecule has 0 fully saturated rings. The Morgan fingerprint density at radius 1 is 1.09 bits per heavy atom. The summed E-state index contributed by atoms with van der Waals surface area (Å²) in [5, 5.41) is 0. The third kappa shape index (κ3) is 4.08. The monoisotopic (exact) mass is 441 g/mol. The summed E-state index contributed by atoms with van der Waals surface area (Å²) in [5.74, 6) is -2.60. The van der Waals surface area contributed by atoms with E-state index in [1.807, 2.05) is 0 Å². The van der Waals surface area contributed by atoms with Gasteiger partial charge in [0.2, 0.25) is 5.91 Å². The lowest BCUT2D eigenvalue weighted by Gasteiger charge is -2.42. The molecule has 7 heteroatoms. The molecule has 2 amide bonds. The number of fused-ring (bicyclic) bond motifs is 2. The maximum absolute atomic E-state index is 14.1. The number of benzene rings is 1. The van der Waals surface area contributed by atoms with Gasteiger partial charge in [-0.3, -0.25) is 9.59 Å². The van der Waals surface area contributed by atoms with Crippen molar-refractivity contribution in [3.05, 3.63) is 42.0 Å². The maximum atomic E-state index is 14.1. The van der Waals surface area contributed by atoms with E-state index in [9.17, 15) is 19.2 Å². The summed E-state index contributed by atoms with van der Waals surface area (Å²) >= 11 is 0. The van der Waals surface area contributed by atoms with Gasteiger partial charge in [0.05, 0.1) is 17.0 Å². The number of carbonyl (C=O) groups excluding carboxylic acids is 4.